The van der Waals surface area contributed by atoms with Gasteiger partial charge in [-0.1, -0.05) is 6.92 Å². The fraction of sp³-hybridized carbons (Fsp3) is 0.941. The number of nitrogens with one attached hydrogen (secondary N) is 1. The molecule has 2 fully saturated rings. The van der Waals surface area contributed by atoms with Crippen LogP contribution in [0.3, 0.4) is 0 Å². The smallest absolute Gasteiger partial charge is 0.317 e. The number of urea groups is 1. The summed E-state index contributed by atoms with van der Waals surface area (Å²) in [6.45, 7) is 5.28. The average Bonchev–Trinajstić information content (AvgIpc) is 2.57. The van der Waals surface area contributed by atoms with Crippen molar-refractivity contribution >= 4 is 6.03 Å². The van der Waals surface area contributed by atoms with Crippen LogP contribution in [0.2, 0.25) is 0 Å². The predicted octanol–water partition coefficient (Wildman–Crippen LogP) is 2.71. The third kappa shape index (κ3) is 6.51. The summed E-state index contributed by atoms with van der Waals surface area (Å²) in [5.41, 5.74) is 0. The molecular formula is C17H31F2N3O2. The maximum atomic E-state index is 12.6. The Morgan fingerprint density at radius 3 is 2.62 bits per heavy atom. The molecule has 0 bridgehead atoms. The maximum Gasteiger partial charge on any atom is 0.317 e. The number of amides is 2. The molecule has 0 aliphatic carbocycles. The van der Waals surface area contributed by atoms with Gasteiger partial charge in [-0.15, -0.1) is 0 Å². The van der Waals surface area contributed by atoms with E-state index in [9.17, 15) is 13.6 Å². The second-order valence-electron chi connectivity index (χ2n) is 6.85. The van der Waals surface area contributed by atoms with E-state index < -0.39 is 6.43 Å². The van der Waals surface area contributed by atoms with Crippen LogP contribution in [-0.4, -0.2) is 73.7 Å². The first kappa shape index (κ1) is 19.4. The number of hydrogen-bond acceptors (Lipinski definition) is 3. The number of hydrogen-bond donors (Lipinski definition) is 1. The van der Waals surface area contributed by atoms with Crippen molar-refractivity contribution in [3.05, 3.63) is 0 Å². The quantitative estimate of drug-likeness (QED) is 0.770. The largest absolute Gasteiger partial charge is 0.376 e. The Balaban J connectivity index is 1.75. The average molecular weight is 347 g/mol. The van der Waals surface area contributed by atoms with Gasteiger partial charge in [-0.3, -0.25) is 4.90 Å². The summed E-state index contributed by atoms with van der Waals surface area (Å²) in [6.07, 6.45) is 3.52. The normalized spacial score (nSPS) is 23.4. The minimum atomic E-state index is -2.29. The van der Waals surface area contributed by atoms with Crippen molar-refractivity contribution in [2.24, 2.45) is 0 Å². The van der Waals surface area contributed by atoms with Crippen LogP contribution < -0.4 is 5.32 Å². The summed E-state index contributed by atoms with van der Waals surface area (Å²) < 4.78 is 30.6. The van der Waals surface area contributed by atoms with E-state index >= 15 is 0 Å². The highest BCUT2D eigenvalue weighted by Crippen LogP contribution is 2.15. The number of carbonyl (C=O) groups is 1. The first-order valence-electron chi connectivity index (χ1n) is 9.26. The molecule has 2 aliphatic heterocycles. The monoisotopic (exact) mass is 347 g/mol. The molecular weight excluding hydrogens is 316 g/mol. The molecule has 0 spiro atoms. The first-order chi connectivity index (χ1) is 11.6. The molecule has 1 atom stereocenters. The zero-order valence-electron chi connectivity index (χ0n) is 14.7. The van der Waals surface area contributed by atoms with Crippen molar-refractivity contribution in [1.82, 2.24) is 15.1 Å². The number of carbonyl (C=O) groups excluding carboxylic acids is 1. The standard InChI is InChI=1S/C17H31F2N3O2/c1-2-8-22(12-15-5-3-4-11-24-15)17(23)20-14-6-9-21(10-7-14)13-16(18)19/h14-16H,2-13H2,1H3,(H,20,23). The predicted molar refractivity (Wildman–Crippen MR) is 89.5 cm³/mol. The molecule has 0 aromatic heterocycles. The van der Waals surface area contributed by atoms with Crippen molar-refractivity contribution in [1.29, 1.82) is 0 Å². The summed E-state index contributed by atoms with van der Waals surface area (Å²) in [4.78, 5) is 16.2. The maximum absolute atomic E-state index is 12.6. The minimum Gasteiger partial charge on any atom is -0.376 e. The van der Waals surface area contributed by atoms with Gasteiger partial charge in [0.2, 0.25) is 0 Å². The van der Waals surface area contributed by atoms with Gasteiger partial charge in [0.1, 0.15) is 0 Å². The van der Waals surface area contributed by atoms with Crippen molar-refractivity contribution in [3.63, 3.8) is 0 Å². The summed E-state index contributed by atoms with van der Waals surface area (Å²) in [5.74, 6) is 0. The van der Waals surface area contributed by atoms with Gasteiger partial charge in [-0.05, 0) is 38.5 Å². The van der Waals surface area contributed by atoms with E-state index in [1.165, 1.54) is 0 Å². The fourth-order valence-electron chi connectivity index (χ4n) is 3.46. The lowest BCUT2D eigenvalue weighted by Crippen LogP contribution is -2.51. The SMILES string of the molecule is CCCN(CC1CCCCO1)C(=O)NC1CCN(CC(F)F)CC1. The zero-order valence-corrected chi connectivity index (χ0v) is 14.7. The van der Waals surface area contributed by atoms with Gasteiger partial charge >= 0.3 is 6.03 Å². The number of piperidine rings is 1. The first-order valence-corrected chi connectivity index (χ1v) is 9.26. The van der Waals surface area contributed by atoms with E-state index in [-0.39, 0.29) is 24.7 Å². The second-order valence-corrected chi connectivity index (χ2v) is 6.85. The van der Waals surface area contributed by atoms with Gasteiger partial charge in [0.15, 0.2) is 0 Å². The summed E-state index contributed by atoms with van der Waals surface area (Å²) in [5, 5.41) is 3.08. The lowest BCUT2D eigenvalue weighted by atomic mass is 10.1. The van der Waals surface area contributed by atoms with Gasteiger partial charge in [0.05, 0.1) is 12.6 Å². The Morgan fingerprint density at radius 1 is 1.29 bits per heavy atom. The Kier molecular flexibility index (Phi) is 8.18. The molecule has 2 rings (SSSR count). The summed E-state index contributed by atoms with van der Waals surface area (Å²) in [7, 11) is 0. The number of likely N-dealkylation sites (tertiary alicyclic amines) is 1. The fourth-order valence-corrected chi connectivity index (χ4v) is 3.46. The van der Waals surface area contributed by atoms with Crippen molar-refractivity contribution in [2.75, 3.05) is 39.3 Å². The molecule has 2 heterocycles. The molecule has 0 aromatic carbocycles. The van der Waals surface area contributed by atoms with E-state index in [1.807, 2.05) is 4.90 Å². The highest BCUT2D eigenvalue weighted by molar-refractivity contribution is 5.74. The Morgan fingerprint density at radius 2 is 2.04 bits per heavy atom. The third-order valence-corrected chi connectivity index (χ3v) is 4.79. The zero-order chi connectivity index (χ0) is 17.4. The molecule has 0 aromatic rings. The third-order valence-electron chi connectivity index (χ3n) is 4.79. The number of rotatable bonds is 7. The van der Waals surface area contributed by atoms with Crippen LogP contribution in [0.1, 0.15) is 45.4 Å². The number of nitrogens with zero attached hydrogens (tertiary/aromatic N) is 2. The molecule has 7 heteroatoms. The second kappa shape index (κ2) is 10.1. The lowest BCUT2D eigenvalue weighted by molar-refractivity contribution is 0.000327. The van der Waals surface area contributed by atoms with E-state index in [2.05, 4.69) is 12.2 Å². The Hall–Kier alpha value is -0.950. The van der Waals surface area contributed by atoms with E-state index in [4.69, 9.17) is 4.74 Å². The van der Waals surface area contributed by atoms with E-state index in [1.54, 1.807) is 4.90 Å². The van der Waals surface area contributed by atoms with Crippen molar-refractivity contribution in [3.8, 4) is 0 Å². The lowest BCUT2D eigenvalue weighted by Gasteiger charge is -2.34. The molecule has 1 N–H and O–H groups in total. The van der Waals surface area contributed by atoms with Crippen LogP contribution in [0, 0.1) is 0 Å². The number of halogens is 2. The van der Waals surface area contributed by atoms with Gasteiger partial charge in [-0.25, -0.2) is 13.6 Å². The van der Waals surface area contributed by atoms with Crippen LogP contribution in [0.5, 0.6) is 0 Å². The number of alkyl halides is 2. The Labute approximate surface area is 143 Å². The molecule has 2 aliphatic rings. The Bertz CT molecular complexity index is 371. The van der Waals surface area contributed by atoms with E-state index in [0.29, 0.717) is 19.6 Å². The van der Waals surface area contributed by atoms with Crippen LogP contribution in [0.4, 0.5) is 13.6 Å². The van der Waals surface area contributed by atoms with Crippen LogP contribution in [-0.2, 0) is 4.74 Å². The van der Waals surface area contributed by atoms with Gasteiger partial charge < -0.3 is 15.0 Å². The van der Waals surface area contributed by atoms with Crippen molar-refractivity contribution in [2.45, 2.75) is 64.0 Å². The van der Waals surface area contributed by atoms with Crippen LogP contribution in [0.25, 0.3) is 0 Å². The molecule has 2 saturated heterocycles. The van der Waals surface area contributed by atoms with Gasteiger partial charge in [0.25, 0.3) is 6.43 Å². The topological polar surface area (TPSA) is 44.8 Å². The van der Waals surface area contributed by atoms with Crippen LogP contribution >= 0.6 is 0 Å². The van der Waals surface area contributed by atoms with Crippen molar-refractivity contribution < 1.29 is 18.3 Å². The number of ether oxygens (including phenoxy) is 1. The molecule has 0 radical (unpaired) electrons. The minimum absolute atomic E-state index is 0.0432. The molecule has 1 unspecified atom stereocenters. The molecule has 140 valence electrons. The summed E-state index contributed by atoms with van der Waals surface area (Å²) in [6, 6.07) is 0.0383. The summed E-state index contributed by atoms with van der Waals surface area (Å²) >= 11 is 0. The molecule has 24 heavy (non-hydrogen) atoms. The highest BCUT2D eigenvalue weighted by Gasteiger charge is 2.26. The van der Waals surface area contributed by atoms with Gasteiger partial charge in [-0.2, -0.15) is 0 Å². The van der Waals surface area contributed by atoms with Crippen LogP contribution in [0.15, 0.2) is 0 Å². The van der Waals surface area contributed by atoms with Gasteiger partial charge in [0, 0.05) is 38.8 Å². The molecule has 5 nitrogen and oxygen atoms in total. The van der Waals surface area contributed by atoms with E-state index in [0.717, 1.165) is 51.7 Å². The molecule has 0 saturated carbocycles. The molecule has 2 amide bonds. The highest BCUT2D eigenvalue weighted by atomic mass is 19.3.